The van der Waals surface area contributed by atoms with E-state index in [2.05, 4.69) is 0 Å². The van der Waals surface area contributed by atoms with Crippen LogP contribution in [-0.2, 0) is 4.74 Å². The van der Waals surface area contributed by atoms with Crippen LogP contribution in [0.5, 0.6) is 40.2 Å². The molecule has 1 aliphatic rings. The number of aliphatic hydroxyl groups is 4. The third-order valence-electron chi connectivity index (χ3n) is 6.28. The topological polar surface area (TPSA) is 207 Å². The van der Waals surface area contributed by atoms with Gasteiger partial charge in [-0.3, -0.25) is 4.79 Å². The lowest BCUT2D eigenvalue weighted by molar-refractivity contribution is -0.277. The Bertz CT molecular complexity index is 1410. The van der Waals surface area contributed by atoms with Crippen molar-refractivity contribution < 1.29 is 63.5 Å². The summed E-state index contributed by atoms with van der Waals surface area (Å²) in [6.45, 7) is -0.677. The molecule has 1 aliphatic heterocycles. The maximum Gasteiger partial charge on any atom is 0.239 e. The minimum absolute atomic E-state index is 0.0423. The first kappa shape index (κ1) is 28.1. The molecule has 1 aromatic heterocycles. The molecule has 1 saturated heterocycles. The van der Waals surface area contributed by atoms with E-state index < -0.39 is 54.2 Å². The Morgan fingerprint density at radius 2 is 1.49 bits per heavy atom. The van der Waals surface area contributed by atoms with Crippen molar-refractivity contribution >= 4 is 11.0 Å². The summed E-state index contributed by atoms with van der Waals surface area (Å²) in [4.78, 5) is 13.4. The molecule has 1 fully saturated rings. The first-order chi connectivity index (χ1) is 18.6. The van der Waals surface area contributed by atoms with E-state index in [9.17, 15) is 35.4 Å². The lowest BCUT2D eigenvalue weighted by atomic mass is 9.99. The van der Waals surface area contributed by atoms with Gasteiger partial charge in [0.2, 0.25) is 23.2 Å². The minimum Gasteiger partial charge on any atom is -0.507 e. The number of rotatable bonds is 8. The number of hydrogen-bond acceptors (Lipinski definition) is 14. The molecule has 212 valence electrons. The van der Waals surface area contributed by atoms with Crippen molar-refractivity contribution in [3.05, 3.63) is 28.4 Å². The number of fused-ring (bicyclic) bond motifs is 1. The van der Waals surface area contributed by atoms with Crippen LogP contribution >= 0.6 is 0 Å². The molecule has 6 N–H and O–H groups in total. The summed E-state index contributed by atoms with van der Waals surface area (Å²) in [6.07, 6.45) is -7.87. The number of hydrogen-bond donors (Lipinski definition) is 6. The van der Waals surface area contributed by atoms with E-state index in [0.29, 0.717) is 0 Å². The van der Waals surface area contributed by atoms with E-state index in [1.165, 1.54) is 40.6 Å². The van der Waals surface area contributed by atoms with Gasteiger partial charge in [-0.2, -0.15) is 0 Å². The summed E-state index contributed by atoms with van der Waals surface area (Å²) in [5.41, 5.74) is -1.04. The average Bonchev–Trinajstić information content (AvgIpc) is 2.93. The highest BCUT2D eigenvalue weighted by molar-refractivity contribution is 5.92. The van der Waals surface area contributed by atoms with Crippen LogP contribution in [0.25, 0.3) is 22.3 Å². The lowest BCUT2D eigenvalue weighted by Gasteiger charge is -2.39. The molecular weight excluding hydrogens is 524 g/mol. The molecule has 0 amide bonds. The molecule has 0 saturated carbocycles. The molecule has 4 rings (SSSR count). The SMILES string of the molecule is COc1cc(O)c(-c2oc3cc(OC)c(OC)c(O)c3c(=O)c2OC)cc1O[C@@H]1OC(CO)[C@@H](O)C(O)C1O. The van der Waals surface area contributed by atoms with Crippen molar-refractivity contribution in [2.24, 2.45) is 0 Å². The van der Waals surface area contributed by atoms with E-state index in [1.54, 1.807) is 0 Å². The van der Waals surface area contributed by atoms with Gasteiger partial charge in [-0.25, -0.2) is 0 Å². The van der Waals surface area contributed by atoms with E-state index in [0.717, 1.165) is 6.07 Å². The third-order valence-corrected chi connectivity index (χ3v) is 6.28. The van der Waals surface area contributed by atoms with Crippen molar-refractivity contribution in [1.29, 1.82) is 0 Å². The summed E-state index contributed by atoms with van der Waals surface area (Å²) in [7, 11) is 5.06. The van der Waals surface area contributed by atoms with E-state index in [1.807, 2.05) is 0 Å². The van der Waals surface area contributed by atoms with E-state index >= 15 is 0 Å². The van der Waals surface area contributed by atoms with Gasteiger partial charge in [0.1, 0.15) is 41.1 Å². The highest BCUT2D eigenvalue weighted by Crippen LogP contribution is 2.47. The molecular formula is C25H28O14. The number of benzene rings is 2. The molecule has 2 heterocycles. The van der Waals surface area contributed by atoms with Crippen LogP contribution in [0.15, 0.2) is 27.4 Å². The second-order valence-corrected chi connectivity index (χ2v) is 8.46. The van der Waals surface area contributed by atoms with E-state index in [-0.39, 0.29) is 51.0 Å². The van der Waals surface area contributed by atoms with Crippen LogP contribution in [0.4, 0.5) is 0 Å². The van der Waals surface area contributed by atoms with Crippen LogP contribution < -0.4 is 29.1 Å². The zero-order valence-corrected chi connectivity index (χ0v) is 21.3. The summed E-state index contributed by atoms with van der Waals surface area (Å²) in [5, 5.41) is 61.2. The van der Waals surface area contributed by atoms with Gasteiger partial charge in [-0.05, 0) is 6.07 Å². The van der Waals surface area contributed by atoms with Crippen molar-refractivity contribution in [3.8, 4) is 51.6 Å². The predicted octanol–water partition coefficient (Wildman–Crippen LogP) is 0.0843. The van der Waals surface area contributed by atoms with Crippen LogP contribution in [0.2, 0.25) is 0 Å². The number of aromatic hydroxyl groups is 2. The second-order valence-electron chi connectivity index (χ2n) is 8.46. The molecule has 39 heavy (non-hydrogen) atoms. The molecule has 0 aliphatic carbocycles. The largest absolute Gasteiger partial charge is 0.507 e. The van der Waals surface area contributed by atoms with E-state index in [4.69, 9.17) is 32.8 Å². The van der Waals surface area contributed by atoms with Crippen molar-refractivity contribution in [2.75, 3.05) is 35.0 Å². The Morgan fingerprint density at radius 3 is 2.08 bits per heavy atom. The Hall–Kier alpha value is -3.95. The maximum atomic E-state index is 13.4. The molecule has 0 bridgehead atoms. The minimum atomic E-state index is -1.73. The second kappa shape index (κ2) is 11.0. The Morgan fingerprint density at radius 1 is 0.821 bits per heavy atom. The monoisotopic (exact) mass is 552 g/mol. The number of phenolic OH excluding ortho intramolecular Hbond substituents is 2. The Labute approximate surface area is 220 Å². The van der Waals surface area contributed by atoms with Gasteiger partial charge in [0.25, 0.3) is 0 Å². The molecule has 3 aromatic rings. The third kappa shape index (κ3) is 4.72. The van der Waals surface area contributed by atoms with Crippen LogP contribution in [0, 0.1) is 0 Å². The number of aliphatic hydroxyl groups excluding tert-OH is 4. The van der Waals surface area contributed by atoms with Crippen molar-refractivity contribution in [3.63, 3.8) is 0 Å². The van der Waals surface area contributed by atoms with Crippen LogP contribution in [0.1, 0.15) is 0 Å². The molecule has 14 nitrogen and oxygen atoms in total. The predicted molar refractivity (Wildman–Crippen MR) is 132 cm³/mol. The number of ether oxygens (including phenoxy) is 6. The highest BCUT2D eigenvalue weighted by atomic mass is 16.7. The molecule has 2 aromatic carbocycles. The first-order valence-corrected chi connectivity index (χ1v) is 11.5. The zero-order valence-electron chi connectivity index (χ0n) is 21.3. The fourth-order valence-electron chi connectivity index (χ4n) is 4.26. The summed E-state index contributed by atoms with van der Waals surface area (Å²) in [5.74, 6) is -1.85. The van der Waals surface area contributed by atoms with Crippen LogP contribution in [-0.4, -0.2) is 96.4 Å². The molecule has 3 unspecified atom stereocenters. The fraction of sp³-hybridized carbons (Fsp3) is 0.400. The quantitative estimate of drug-likeness (QED) is 0.219. The van der Waals surface area contributed by atoms with Crippen LogP contribution in [0.3, 0.4) is 0 Å². The standard InChI is InChI=1S/C25H28O14/c1-33-11-6-10(27)9(5-12(11)38-25-21(32)20(31)17(28)15(8-26)39-25)22-24(36-4)19(30)16-13(37-22)7-14(34-2)23(35-3)18(16)29/h5-7,15,17,20-21,25-29,31-32H,8H2,1-4H3/t15?,17-,20?,21?,25-/m1/s1. The van der Waals surface area contributed by atoms with Gasteiger partial charge in [-0.1, -0.05) is 0 Å². The van der Waals surface area contributed by atoms with Gasteiger partial charge in [-0.15, -0.1) is 0 Å². The Kier molecular flexibility index (Phi) is 7.94. The highest BCUT2D eigenvalue weighted by Gasteiger charge is 2.45. The summed E-state index contributed by atoms with van der Waals surface area (Å²) >= 11 is 0. The normalized spacial score (nSPS) is 22.9. The smallest absolute Gasteiger partial charge is 0.239 e. The van der Waals surface area contributed by atoms with Gasteiger partial charge in [0, 0.05) is 12.1 Å². The molecule has 14 heteroatoms. The zero-order chi connectivity index (χ0) is 28.6. The molecule has 5 atom stereocenters. The average molecular weight is 552 g/mol. The Balaban J connectivity index is 1.88. The number of methoxy groups -OCH3 is 4. The van der Waals surface area contributed by atoms with Gasteiger partial charge in [0.05, 0.1) is 40.6 Å². The van der Waals surface area contributed by atoms with Gasteiger partial charge >= 0.3 is 0 Å². The first-order valence-electron chi connectivity index (χ1n) is 11.5. The summed E-state index contributed by atoms with van der Waals surface area (Å²) in [6, 6.07) is 3.64. The summed E-state index contributed by atoms with van der Waals surface area (Å²) < 4.78 is 37.9. The lowest BCUT2D eigenvalue weighted by Crippen LogP contribution is -2.60. The van der Waals surface area contributed by atoms with Gasteiger partial charge < -0.3 is 63.5 Å². The molecule has 0 spiro atoms. The number of phenols is 2. The fourth-order valence-corrected chi connectivity index (χ4v) is 4.26. The molecule has 0 radical (unpaired) electrons. The maximum absolute atomic E-state index is 13.4. The van der Waals surface area contributed by atoms with Crippen molar-refractivity contribution in [1.82, 2.24) is 0 Å². The van der Waals surface area contributed by atoms with Gasteiger partial charge in [0.15, 0.2) is 28.8 Å². The van der Waals surface area contributed by atoms with Crippen molar-refractivity contribution in [2.45, 2.75) is 30.7 Å².